The van der Waals surface area contributed by atoms with E-state index in [2.05, 4.69) is 15.3 Å². The number of anilines is 2. The average molecular weight is 362 g/mol. The summed E-state index contributed by atoms with van der Waals surface area (Å²) in [6.07, 6.45) is 2.01. The molecule has 6 heteroatoms. The van der Waals surface area contributed by atoms with Crippen LogP contribution < -0.4 is 5.32 Å². The first-order valence-corrected chi connectivity index (χ1v) is 8.96. The van der Waals surface area contributed by atoms with E-state index in [-0.39, 0.29) is 11.7 Å². The van der Waals surface area contributed by atoms with Gasteiger partial charge in [0.15, 0.2) is 5.82 Å². The lowest BCUT2D eigenvalue weighted by Gasteiger charge is -2.16. The number of nitrogens with zero attached hydrogens (tertiary/aromatic N) is 3. The minimum absolute atomic E-state index is 0.122. The Kier molecular flexibility index (Phi) is 4.78. The highest BCUT2D eigenvalue weighted by atomic mass is 19.1. The van der Waals surface area contributed by atoms with Crippen LogP contribution in [0.3, 0.4) is 0 Å². The van der Waals surface area contributed by atoms with E-state index in [0.29, 0.717) is 23.0 Å². The molecule has 136 valence electrons. The van der Waals surface area contributed by atoms with Gasteiger partial charge < -0.3 is 10.2 Å². The van der Waals surface area contributed by atoms with Crippen molar-refractivity contribution < 1.29 is 9.18 Å². The second kappa shape index (κ2) is 7.53. The first kappa shape index (κ1) is 17.1. The predicted molar refractivity (Wildman–Crippen MR) is 102 cm³/mol. The number of carbonyl (C=O) groups is 1. The number of likely N-dealkylation sites (tertiary alicyclic amines) is 1. The predicted octanol–water partition coefficient (Wildman–Crippen LogP) is 4.26. The molecule has 2 heterocycles. The molecule has 1 fully saturated rings. The van der Waals surface area contributed by atoms with Crippen molar-refractivity contribution in [2.75, 3.05) is 18.4 Å². The summed E-state index contributed by atoms with van der Waals surface area (Å²) in [5.41, 5.74) is 1.41. The molecule has 0 atom stereocenters. The zero-order chi connectivity index (χ0) is 18.6. The van der Waals surface area contributed by atoms with Crippen molar-refractivity contribution in [3.63, 3.8) is 0 Å². The van der Waals surface area contributed by atoms with Gasteiger partial charge in [-0.05, 0) is 25.0 Å². The third-order valence-corrected chi connectivity index (χ3v) is 4.51. The second-order valence-corrected chi connectivity index (χ2v) is 6.43. The second-order valence-electron chi connectivity index (χ2n) is 6.43. The highest BCUT2D eigenvalue weighted by Crippen LogP contribution is 2.23. The third kappa shape index (κ3) is 3.79. The molecule has 2 aromatic carbocycles. The molecule has 0 bridgehead atoms. The number of carbonyl (C=O) groups excluding carboxylic acids is 1. The summed E-state index contributed by atoms with van der Waals surface area (Å²) in [6.45, 7) is 1.47. The molecule has 0 unspecified atom stereocenters. The van der Waals surface area contributed by atoms with Crippen molar-refractivity contribution in [2.45, 2.75) is 12.8 Å². The number of hydrogen-bond acceptors (Lipinski definition) is 4. The van der Waals surface area contributed by atoms with Gasteiger partial charge in [-0.25, -0.2) is 14.4 Å². The molecule has 1 aliphatic heterocycles. The van der Waals surface area contributed by atoms with E-state index in [1.807, 2.05) is 30.3 Å². The molecule has 0 spiro atoms. The molecule has 0 saturated carbocycles. The fourth-order valence-electron chi connectivity index (χ4n) is 3.12. The fourth-order valence-corrected chi connectivity index (χ4v) is 3.12. The SMILES string of the molecule is O=C(c1cc(Nc2ccccc2F)nc(-c2ccccc2)n1)N1CCCC1. The van der Waals surface area contributed by atoms with Crippen LogP contribution in [-0.2, 0) is 0 Å². The van der Waals surface area contributed by atoms with Crippen molar-refractivity contribution >= 4 is 17.4 Å². The third-order valence-electron chi connectivity index (χ3n) is 4.51. The van der Waals surface area contributed by atoms with Gasteiger partial charge in [-0.1, -0.05) is 42.5 Å². The van der Waals surface area contributed by atoms with E-state index < -0.39 is 0 Å². The number of para-hydroxylation sites is 1. The summed E-state index contributed by atoms with van der Waals surface area (Å²) in [5, 5.41) is 2.97. The van der Waals surface area contributed by atoms with E-state index in [0.717, 1.165) is 31.5 Å². The molecule has 3 aromatic rings. The normalized spacial score (nSPS) is 13.6. The largest absolute Gasteiger partial charge is 0.338 e. The summed E-state index contributed by atoms with van der Waals surface area (Å²) in [6, 6.07) is 17.4. The number of rotatable bonds is 4. The van der Waals surface area contributed by atoms with Gasteiger partial charge in [-0.3, -0.25) is 4.79 Å². The molecule has 1 aliphatic rings. The van der Waals surface area contributed by atoms with Crippen LogP contribution in [0.25, 0.3) is 11.4 Å². The summed E-state index contributed by atoms with van der Waals surface area (Å²) < 4.78 is 14.0. The van der Waals surface area contributed by atoms with Gasteiger partial charge in [0.25, 0.3) is 5.91 Å². The van der Waals surface area contributed by atoms with Crippen LogP contribution in [0.1, 0.15) is 23.3 Å². The van der Waals surface area contributed by atoms with Gasteiger partial charge in [0.05, 0.1) is 5.69 Å². The maximum atomic E-state index is 14.0. The smallest absolute Gasteiger partial charge is 0.272 e. The van der Waals surface area contributed by atoms with E-state index >= 15 is 0 Å². The Bertz CT molecular complexity index is 955. The number of benzene rings is 2. The summed E-state index contributed by atoms with van der Waals surface area (Å²) in [4.78, 5) is 23.6. The van der Waals surface area contributed by atoms with Gasteiger partial charge in [-0.15, -0.1) is 0 Å². The lowest BCUT2D eigenvalue weighted by molar-refractivity contribution is 0.0787. The standard InChI is InChI=1S/C21H19FN4O/c22-16-10-4-5-11-17(16)23-19-14-18(21(27)26-12-6-7-13-26)24-20(25-19)15-8-2-1-3-9-15/h1-5,8-11,14H,6-7,12-13H2,(H,23,24,25). The molecule has 1 N–H and O–H groups in total. The van der Waals surface area contributed by atoms with E-state index in [1.165, 1.54) is 6.07 Å². The molecule has 1 amide bonds. The van der Waals surface area contributed by atoms with Gasteiger partial charge >= 0.3 is 0 Å². The number of hydrogen-bond donors (Lipinski definition) is 1. The van der Waals surface area contributed by atoms with Crippen molar-refractivity contribution in [2.24, 2.45) is 0 Å². The highest BCUT2D eigenvalue weighted by Gasteiger charge is 2.22. The number of halogens is 1. The van der Waals surface area contributed by atoms with Gasteiger partial charge in [0, 0.05) is 24.7 Å². The monoisotopic (exact) mass is 362 g/mol. The van der Waals surface area contributed by atoms with Gasteiger partial charge in [0.1, 0.15) is 17.3 Å². The summed E-state index contributed by atoms with van der Waals surface area (Å²) >= 11 is 0. The van der Waals surface area contributed by atoms with Crippen LogP contribution in [0.15, 0.2) is 60.7 Å². The minimum Gasteiger partial charge on any atom is -0.338 e. The van der Waals surface area contributed by atoms with Crippen LogP contribution in [-0.4, -0.2) is 33.9 Å². The Morgan fingerprint density at radius 3 is 2.41 bits per heavy atom. The van der Waals surface area contributed by atoms with E-state index in [9.17, 15) is 9.18 Å². The number of amides is 1. The first-order chi connectivity index (χ1) is 13.2. The maximum Gasteiger partial charge on any atom is 0.272 e. The van der Waals surface area contributed by atoms with Crippen molar-refractivity contribution in [3.05, 3.63) is 72.2 Å². The van der Waals surface area contributed by atoms with Crippen LogP contribution in [0.4, 0.5) is 15.9 Å². The summed E-state index contributed by atoms with van der Waals surface area (Å²) in [7, 11) is 0. The Labute approximate surface area is 156 Å². The van der Waals surface area contributed by atoms with Crippen LogP contribution in [0, 0.1) is 5.82 Å². The Hall–Kier alpha value is -3.28. The molecule has 1 aromatic heterocycles. The highest BCUT2D eigenvalue weighted by molar-refractivity contribution is 5.93. The molecule has 1 saturated heterocycles. The van der Waals surface area contributed by atoms with Gasteiger partial charge in [-0.2, -0.15) is 0 Å². The topological polar surface area (TPSA) is 58.1 Å². The maximum absolute atomic E-state index is 14.0. The first-order valence-electron chi connectivity index (χ1n) is 8.96. The lowest BCUT2D eigenvalue weighted by atomic mass is 10.2. The average Bonchev–Trinajstić information content (AvgIpc) is 3.24. The molecule has 5 nitrogen and oxygen atoms in total. The zero-order valence-electron chi connectivity index (χ0n) is 14.7. The number of aromatic nitrogens is 2. The van der Waals surface area contributed by atoms with Crippen LogP contribution >= 0.6 is 0 Å². The van der Waals surface area contributed by atoms with E-state index in [4.69, 9.17) is 0 Å². The Morgan fingerprint density at radius 1 is 0.963 bits per heavy atom. The molecule has 0 aliphatic carbocycles. The molecule has 4 rings (SSSR count). The Balaban J connectivity index is 1.74. The van der Waals surface area contributed by atoms with Crippen molar-refractivity contribution in [3.8, 4) is 11.4 Å². The molecular weight excluding hydrogens is 343 g/mol. The minimum atomic E-state index is -0.384. The molecule has 0 radical (unpaired) electrons. The summed E-state index contributed by atoms with van der Waals surface area (Å²) in [5.74, 6) is 0.310. The molecular formula is C21H19FN4O. The Morgan fingerprint density at radius 2 is 1.67 bits per heavy atom. The quantitative estimate of drug-likeness (QED) is 0.753. The van der Waals surface area contributed by atoms with Crippen molar-refractivity contribution in [1.82, 2.24) is 14.9 Å². The fraction of sp³-hybridized carbons (Fsp3) is 0.190. The van der Waals surface area contributed by atoms with Crippen LogP contribution in [0.2, 0.25) is 0 Å². The lowest BCUT2D eigenvalue weighted by Crippen LogP contribution is -2.28. The van der Waals surface area contributed by atoms with Crippen molar-refractivity contribution in [1.29, 1.82) is 0 Å². The number of nitrogens with one attached hydrogen (secondary N) is 1. The molecule has 27 heavy (non-hydrogen) atoms. The van der Waals surface area contributed by atoms with Gasteiger partial charge in [0.2, 0.25) is 0 Å². The van der Waals surface area contributed by atoms with E-state index in [1.54, 1.807) is 29.2 Å². The van der Waals surface area contributed by atoms with Crippen LogP contribution in [0.5, 0.6) is 0 Å². The zero-order valence-corrected chi connectivity index (χ0v) is 14.7.